The van der Waals surface area contributed by atoms with E-state index in [9.17, 15) is 18.6 Å². The molecule has 1 aliphatic rings. The van der Waals surface area contributed by atoms with Gasteiger partial charge in [-0.2, -0.15) is 8.42 Å². The van der Waals surface area contributed by atoms with E-state index < -0.39 is 41.5 Å². The van der Waals surface area contributed by atoms with Crippen molar-refractivity contribution in [2.75, 3.05) is 18.1 Å². The van der Waals surface area contributed by atoms with Crippen LogP contribution in [-0.2, 0) is 19.2 Å². The second-order valence-corrected chi connectivity index (χ2v) is 7.95. The summed E-state index contributed by atoms with van der Waals surface area (Å²) in [5, 5.41) is 25.4. The fourth-order valence-corrected chi connectivity index (χ4v) is 3.58. The molecule has 0 radical (unpaired) electrons. The highest BCUT2D eigenvalue weighted by atomic mass is 32.2. The van der Waals surface area contributed by atoms with Crippen LogP contribution in [0.4, 0.5) is 5.82 Å². The number of aromatic nitrogens is 4. The van der Waals surface area contributed by atoms with Crippen LogP contribution < -0.4 is 10.0 Å². The molecular formula is C15H24N6O6S. The lowest BCUT2D eigenvalue weighted by Crippen LogP contribution is -2.35. The molecule has 0 unspecified atom stereocenters. The molecule has 3 heterocycles. The zero-order valence-electron chi connectivity index (χ0n) is 15.7. The predicted octanol–water partition coefficient (Wildman–Crippen LogP) is -1.10. The maximum absolute atomic E-state index is 11.0. The number of aliphatic hydroxyl groups is 2. The number of ether oxygens (including phenoxy) is 1. The third-order valence-corrected chi connectivity index (χ3v) is 5.05. The van der Waals surface area contributed by atoms with Gasteiger partial charge in [0.2, 0.25) is 0 Å². The molecule has 0 bridgehead atoms. The Labute approximate surface area is 162 Å². The van der Waals surface area contributed by atoms with E-state index >= 15 is 0 Å². The van der Waals surface area contributed by atoms with Crippen molar-refractivity contribution in [3.63, 3.8) is 0 Å². The van der Waals surface area contributed by atoms with Gasteiger partial charge in [-0.3, -0.25) is 8.75 Å². The summed E-state index contributed by atoms with van der Waals surface area (Å²) in [6.45, 7) is 6.25. The zero-order valence-corrected chi connectivity index (χ0v) is 16.5. The van der Waals surface area contributed by atoms with Gasteiger partial charge in [0.15, 0.2) is 23.2 Å². The summed E-state index contributed by atoms with van der Waals surface area (Å²) in [5.41, 5.74) is 0.931. The van der Waals surface area contributed by atoms with Crippen molar-refractivity contribution >= 4 is 27.3 Å². The number of hydrogen-bond donors (Lipinski definition) is 3. The standard InChI is InChI=1S/C15H24N6O6S/c1-4-20(8(2)3)13-10-14(18-6-17-13)21(7-19-10)15-12(23)11(22)9(27-15)5-26-28(16,24)25/h6-9,11-12,15,22-23H,4-5H2,1-3H3,(H2,16,24,25)/t9-,11-,12-,15-/m1/s1. The molecule has 156 valence electrons. The lowest BCUT2D eigenvalue weighted by molar-refractivity contribution is -0.0467. The summed E-state index contributed by atoms with van der Waals surface area (Å²) in [6.07, 6.45) is -2.04. The molecule has 0 amide bonds. The summed E-state index contributed by atoms with van der Waals surface area (Å²) in [4.78, 5) is 15.0. The second kappa shape index (κ2) is 7.85. The van der Waals surface area contributed by atoms with E-state index in [2.05, 4.69) is 19.1 Å². The first-order chi connectivity index (χ1) is 13.1. The summed E-state index contributed by atoms with van der Waals surface area (Å²) in [6, 6.07) is 0.183. The average molecular weight is 416 g/mol. The van der Waals surface area contributed by atoms with Gasteiger partial charge in [-0.1, -0.05) is 0 Å². The first kappa shape index (κ1) is 20.8. The normalized spacial score (nSPS) is 25.7. The number of anilines is 1. The molecule has 1 saturated heterocycles. The van der Waals surface area contributed by atoms with Gasteiger partial charge >= 0.3 is 10.3 Å². The SMILES string of the molecule is CCN(c1ncnc2c1ncn2[C@@H]1O[C@H](COS(N)(=O)=O)[C@@H](O)[C@H]1O)C(C)C. The molecule has 2 aromatic rings. The van der Waals surface area contributed by atoms with E-state index in [1.165, 1.54) is 17.2 Å². The maximum atomic E-state index is 11.0. The molecule has 0 aliphatic carbocycles. The van der Waals surface area contributed by atoms with Crippen molar-refractivity contribution in [2.45, 2.75) is 51.4 Å². The third-order valence-electron chi connectivity index (χ3n) is 4.58. The quantitative estimate of drug-likeness (QED) is 0.504. The molecule has 0 saturated carbocycles. The number of imidazole rings is 1. The molecular weight excluding hydrogens is 392 g/mol. The minimum Gasteiger partial charge on any atom is -0.387 e. The van der Waals surface area contributed by atoms with Gasteiger partial charge in [0.05, 0.1) is 12.9 Å². The highest BCUT2D eigenvalue weighted by molar-refractivity contribution is 7.84. The number of nitrogens with zero attached hydrogens (tertiary/aromatic N) is 5. The van der Waals surface area contributed by atoms with Crippen LogP contribution >= 0.6 is 0 Å². The predicted molar refractivity (Wildman–Crippen MR) is 98.5 cm³/mol. The first-order valence-electron chi connectivity index (χ1n) is 8.77. The first-order valence-corrected chi connectivity index (χ1v) is 10.2. The molecule has 4 atom stereocenters. The Bertz CT molecular complexity index is 934. The molecule has 0 aromatic carbocycles. The van der Waals surface area contributed by atoms with E-state index in [1.54, 1.807) is 0 Å². The minimum absolute atomic E-state index is 0.183. The highest BCUT2D eigenvalue weighted by Gasteiger charge is 2.45. The van der Waals surface area contributed by atoms with E-state index in [4.69, 9.17) is 9.88 Å². The maximum Gasteiger partial charge on any atom is 0.333 e. The summed E-state index contributed by atoms with van der Waals surface area (Å²) in [5.74, 6) is 0.642. The van der Waals surface area contributed by atoms with Gasteiger partial charge in [0, 0.05) is 12.6 Å². The fraction of sp³-hybridized carbons (Fsp3) is 0.667. The molecule has 1 fully saturated rings. The monoisotopic (exact) mass is 416 g/mol. The van der Waals surface area contributed by atoms with Crippen LogP contribution in [0, 0.1) is 0 Å². The van der Waals surface area contributed by atoms with E-state index in [1.807, 2.05) is 25.7 Å². The fourth-order valence-electron chi connectivity index (χ4n) is 3.25. The van der Waals surface area contributed by atoms with Gasteiger partial charge in [-0.15, -0.1) is 0 Å². The van der Waals surface area contributed by atoms with Crippen molar-refractivity contribution in [1.29, 1.82) is 0 Å². The molecule has 13 heteroatoms. The van der Waals surface area contributed by atoms with Crippen molar-refractivity contribution in [3.05, 3.63) is 12.7 Å². The van der Waals surface area contributed by atoms with Crippen molar-refractivity contribution in [2.24, 2.45) is 5.14 Å². The number of hydrogen-bond acceptors (Lipinski definition) is 10. The summed E-state index contributed by atoms with van der Waals surface area (Å²) >= 11 is 0. The Kier molecular flexibility index (Phi) is 5.84. The summed E-state index contributed by atoms with van der Waals surface area (Å²) in [7, 11) is -4.20. The summed E-state index contributed by atoms with van der Waals surface area (Å²) < 4.78 is 33.5. The van der Waals surface area contributed by atoms with Gasteiger partial charge in [-0.25, -0.2) is 20.1 Å². The van der Waals surface area contributed by atoms with Crippen LogP contribution in [0.5, 0.6) is 0 Å². The molecule has 12 nitrogen and oxygen atoms in total. The topological polar surface area (TPSA) is 166 Å². The van der Waals surface area contributed by atoms with Crippen LogP contribution in [0.1, 0.15) is 27.0 Å². The Morgan fingerprint density at radius 3 is 2.64 bits per heavy atom. The van der Waals surface area contributed by atoms with Gasteiger partial charge in [0.1, 0.15) is 24.6 Å². The van der Waals surface area contributed by atoms with Crippen molar-refractivity contribution in [3.8, 4) is 0 Å². The van der Waals surface area contributed by atoms with Gasteiger partial charge < -0.3 is 19.8 Å². The Hall–Kier alpha value is -1.90. The smallest absolute Gasteiger partial charge is 0.333 e. The van der Waals surface area contributed by atoms with Crippen molar-refractivity contribution in [1.82, 2.24) is 19.5 Å². The Morgan fingerprint density at radius 2 is 2.04 bits per heavy atom. The van der Waals surface area contributed by atoms with E-state index in [-0.39, 0.29) is 6.04 Å². The van der Waals surface area contributed by atoms with Crippen LogP contribution in [0.3, 0.4) is 0 Å². The highest BCUT2D eigenvalue weighted by Crippen LogP contribution is 2.33. The molecule has 4 N–H and O–H groups in total. The number of fused-ring (bicyclic) bond motifs is 1. The molecule has 2 aromatic heterocycles. The number of aliphatic hydroxyl groups excluding tert-OH is 2. The van der Waals surface area contributed by atoms with Crippen LogP contribution in [0.2, 0.25) is 0 Å². The van der Waals surface area contributed by atoms with Gasteiger partial charge in [0.25, 0.3) is 0 Å². The number of nitrogens with two attached hydrogens (primary N) is 1. The minimum atomic E-state index is -4.20. The van der Waals surface area contributed by atoms with E-state index in [0.717, 1.165) is 0 Å². The Morgan fingerprint density at radius 1 is 1.32 bits per heavy atom. The zero-order chi connectivity index (χ0) is 20.6. The third kappa shape index (κ3) is 3.94. The molecule has 0 spiro atoms. The van der Waals surface area contributed by atoms with Crippen LogP contribution in [0.15, 0.2) is 12.7 Å². The molecule has 28 heavy (non-hydrogen) atoms. The lowest BCUT2D eigenvalue weighted by Gasteiger charge is -2.26. The molecule has 3 rings (SSSR count). The number of rotatable bonds is 7. The van der Waals surface area contributed by atoms with Crippen LogP contribution in [0.25, 0.3) is 11.2 Å². The molecule has 1 aliphatic heterocycles. The average Bonchev–Trinajstić information content (AvgIpc) is 3.16. The van der Waals surface area contributed by atoms with Crippen molar-refractivity contribution < 1.29 is 27.6 Å². The largest absolute Gasteiger partial charge is 0.387 e. The van der Waals surface area contributed by atoms with E-state index in [0.29, 0.717) is 23.5 Å². The lowest BCUT2D eigenvalue weighted by atomic mass is 10.1. The van der Waals surface area contributed by atoms with Crippen LogP contribution in [-0.4, -0.2) is 75.7 Å². The Balaban J connectivity index is 1.92. The second-order valence-electron chi connectivity index (χ2n) is 6.72. The van der Waals surface area contributed by atoms with Gasteiger partial charge in [-0.05, 0) is 20.8 Å².